The van der Waals surface area contributed by atoms with E-state index in [1.807, 2.05) is 12.1 Å². The van der Waals surface area contributed by atoms with Crippen molar-refractivity contribution >= 4 is 70.8 Å². The maximum absolute atomic E-state index is 12.8. The Morgan fingerprint density at radius 2 is 1.59 bits per heavy atom. The molecule has 0 radical (unpaired) electrons. The Labute approximate surface area is 191 Å². The summed E-state index contributed by atoms with van der Waals surface area (Å²) >= 11 is 12.6. The number of carbonyl (C=O) groups excluding carboxylic acids is 1. The summed E-state index contributed by atoms with van der Waals surface area (Å²) in [4.78, 5) is 12.6. The number of sulfonamides is 1. The van der Waals surface area contributed by atoms with Crippen LogP contribution < -0.4 is 9.62 Å². The molecule has 29 heavy (non-hydrogen) atoms. The lowest BCUT2D eigenvalue weighted by Crippen LogP contribution is -2.26. The Balaban J connectivity index is 1.79. The van der Waals surface area contributed by atoms with E-state index in [9.17, 15) is 13.2 Å². The van der Waals surface area contributed by atoms with Gasteiger partial charge in [0.05, 0.1) is 16.3 Å². The first kappa shape index (κ1) is 21.8. The Morgan fingerprint density at radius 3 is 2.17 bits per heavy atom. The van der Waals surface area contributed by atoms with Crippen molar-refractivity contribution in [2.75, 3.05) is 16.7 Å². The summed E-state index contributed by atoms with van der Waals surface area (Å²) < 4.78 is 28.5. The maximum Gasteiger partial charge on any atom is 0.264 e. The van der Waals surface area contributed by atoms with Crippen molar-refractivity contribution in [2.24, 2.45) is 0 Å². The lowest BCUT2D eigenvalue weighted by molar-refractivity contribution is 0.102. The van der Waals surface area contributed by atoms with E-state index in [-0.39, 0.29) is 10.8 Å². The summed E-state index contributed by atoms with van der Waals surface area (Å²) in [5, 5.41) is 3.31. The van der Waals surface area contributed by atoms with Crippen LogP contribution in [-0.2, 0) is 10.0 Å². The number of benzene rings is 3. The molecule has 0 unspecified atom stereocenters. The minimum Gasteiger partial charge on any atom is -0.321 e. The van der Waals surface area contributed by atoms with Crippen LogP contribution in [0.15, 0.2) is 80.6 Å². The zero-order valence-electron chi connectivity index (χ0n) is 15.1. The first-order valence-corrected chi connectivity index (χ1v) is 11.7. The normalized spacial score (nSPS) is 11.2. The maximum atomic E-state index is 12.8. The number of nitrogens with one attached hydrogen (secondary N) is 1. The van der Waals surface area contributed by atoms with Crippen LogP contribution in [0.2, 0.25) is 5.02 Å². The number of amides is 1. The lowest BCUT2D eigenvalue weighted by atomic mass is 10.2. The topological polar surface area (TPSA) is 66.5 Å². The van der Waals surface area contributed by atoms with Gasteiger partial charge in [0.1, 0.15) is 0 Å². The molecule has 0 aromatic heterocycles. The van der Waals surface area contributed by atoms with Crippen LogP contribution in [-0.4, -0.2) is 21.4 Å². The summed E-state index contributed by atoms with van der Waals surface area (Å²) in [5.74, 6) is -0.344. The van der Waals surface area contributed by atoms with Crippen molar-refractivity contribution in [3.8, 4) is 0 Å². The molecular formula is C20H15Br2ClN2O3S. The first-order chi connectivity index (χ1) is 13.7. The summed E-state index contributed by atoms with van der Waals surface area (Å²) in [5.41, 5.74) is 1.43. The third-order valence-electron chi connectivity index (χ3n) is 4.14. The number of halogens is 3. The van der Waals surface area contributed by atoms with Crippen molar-refractivity contribution in [3.63, 3.8) is 0 Å². The fraction of sp³-hybridized carbons (Fsp3) is 0.0500. The quantitative estimate of drug-likeness (QED) is 0.421. The molecule has 0 aliphatic heterocycles. The molecule has 0 saturated heterocycles. The molecule has 3 aromatic rings. The van der Waals surface area contributed by atoms with E-state index in [4.69, 9.17) is 11.6 Å². The van der Waals surface area contributed by atoms with Gasteiger partial charge in [-0.2, -0.15) is 0 Å². The Kier molecular flexibility index (Phi) is 6.68. The molecule has 150 valence electrons. The third-order valence-corrected chi connectivity index (χ3v) is 7.35. The van der Waals surface area contributed by atoms with Crippen molar-refractivity contribution in [1.82, 2.24) is 0 Å². The average Bonchev–Trinajstić information content (AvgIpc) is 2.70. The smallest absolute Gasteiger partial charge is 0.264 e. The Morgan fingerprint density at radius 1 is 0.966 bits per heavy atom. The standard InChI is InChI=1S/C20H15Br2ClN2O3S/c1-25(16-7-5-15(23)6-8-16)29(27,28)17-9-2-13(3-10-17)20(26)24-19-11-4-14(21)12-18(19)22/h2-12H,1H3,(H,24,26). The molecule has 0 spiro atoms. The van der Waals surface area contributed by atoms with Crippen molar-refractivity contribution in [2.45, 2.75) is 4.90 Å². The molecule has 0 fully saturated rings. The lowest BCUT2D eigenvalue weighted by Gasteiger charge is -2.19. The second-order valence-corrected chi connectivity index (χ2v) is 10.2. The second-order valence-electron chi connectivity index (χ2n) is 6.05. The number of anilines is 2. The molecule has 1 amide bonds. The molecule has 0 bridgehead atoms. The van der Waals surface area contributed by atoms with Gasteiger partial charge in [-0.1, -0.05) is 27.5 Å². The fourth-order valence-corrected chi connectivity index (χ4v) is 4.98. The van der Waals surface area contributed by atoms with Crippen LogP contribution in [0.4, 0.5) is 11.4 Å². The third kappa shape index (κ3) is 5.01. The highest BCUT2D eigenvalue weighted by Crippen LogP contribution is 2.27. The SMILES string of the molecule is CN(c1ccc(Cl)cc1)S(=O)(=O)c1ccc(C(=O)Nc2ccc(Br)cc2Br)cc1. The van der Waals surface area contributed by atoms with Crippen molar-refractivity contribution in [3.05, 3.63) is 86.3 Å². The van der Waals surface area contributed by atoms with Gasteiger partial charge < -0.3 is 5.32 Å². The molecule has 0 atom stereocenters. The zero-order chi connectivity index (χ0) is 21.2. The predicted octanol–water partition coefficient (Wildman–Crippen LogP) is 5.94. The van der Waals surface area contributed by atoms with Crippen LogP contribution in [0.3, 0.4) is 0 Å². The minimum absolute atomic E-state index is 0.0799. The molecule has 1 N–H and O–H groups in total. The molecule has 3 rings (SSSR count). The minimum atomic E-state index is -3.77. The first-order valence-electron chi connectivity index (χ1n) is 8.29. The van der Waals surface area contributed by atoms with Gasteiger partial charge in [-0.15, -0.1) is 0 Å². The number of hydrogen-bond donors (Lipinski definition) is 1. The van der Waals surface area contributed by atoms with Crippen LogP contribution in [0.25, 0.3) is 0 Å². The van der Waals surface area contributed by atoms with E-state index in [2.05, 4.69) is 37.2 Å². The summed E-state index contributed by atoms with van der Waals surface area (Å²) in [6, 6.07) is 17.6. The summed E-state index contributed by atoms with van der Waals surface area (Å²) in [7, 11) is -2.31. The highest BCUT2D eigenvalue weighted by atomic mass is 79.9. The summed E-state index contributed by atoms with van der Waals surface area (Å²) in [6.45, 7) is 0. The largest absolute Gasteiger partial charge is 0.321 e. The molecule has 0 saturated carbocycles. The second kappa shape index (κ2) is 8.87. The van der Waals surface area contributed by atoms with E-state index >= 15 is 0 Å². The van der Waals surface area contributed by atoms with Crippen LogP contribution in [0.1, 0.15) is 10.4 Å². The van der Waals surface area contributed by atoms with E-state index in [1.165, 1.54) is 31.3 Å². The number of carbonyl (C=O) groups is 1. The average molecular weight is 559 g/mol. The van der Waals surface area contributed by atoms with Crippen molar-refractivity contribution in [1.29, 1.82) is 0 Å². The molecule has 5 nitrogen and oxygen atoms in total. The molecule has 0 aliphatic carbocycles. The van der Waals surface area contributed by atoms with Gasteiger partial charge >= 0.3 is 0 Å². The summed E-state index contributed by atoms with van der Waals surface area (Å²) in [6.07, 6.45) is 0. The molecule has 3 aromatic carbocycles. The van der Waals surface area contributed by atoms with Crippen LogP contribution in [0.5, 0.6) is 0 Å². The zero-order valence-corrected chi connectivity index (χ0v) is 19.8. The van der Waals surface area contributed by atoms with Crippen LogP contribution in [0, 0.1) is 0 Å². The van der Waals surface area contributed by atoms with E-state index in [0.29, 0.717) is 22.0 Å². The molecular weight excluding hydrogens is 544 g/mol. The molecule has 0 aliphatic rings. The van der Waals surface area contributed by atoms with Crippen molar-refractivity contribution < 1.29 is 13.2 Å². The predicted molar refractivity (Wildman–Crippen MR) is 123 cm³/mol. The van der Waals surface area contributed by atoms with Crippen LogP contribution >= 0.6 is 43.5 Å². The number of nitrogens with zero attached hydrogens (tertiary/aromatic N) is 1. The van der Waals surface area contributed by atoms with Gasteiger partial charge in [0.2, 0.25) is 0 Å². The van der Waals surface area contributed by atoms with E-state index in [0.717, 1.165) is 13.3 Å². The highest BCUT2D eigenvalue weighted by Gasteiger charge is 2.21. The van der Waals surface area contributed by atoms with Gasteiger partial charge in [-0.25, -0.2) is 8.42 Å². The fourth-order valence-electron chi connectivity index (χ4n) is 2.51. The number of rotatable bonds is 5. The Hall–Kier alpha value is -1.87. The highest BCUT2D eigenvalue weighted by molar-refractivity contribution is 9.11. The van der Waals surface area contributed by atoms with Gasteiger partial charge in [0.15, 0.2) is 0 Å². The monoisotopic (exact) mass is 556 g/mol. The Bertz CT molecular complexity index is 1150. The number of hydrogen-bond acceptors (Lipinski definition) is 3. The van der Waals surface area contributed by atoms with Gasteiger partial charge in [-0.3, -0.25) is 9.10 Å². The molecule has 0 heterocycles. The van der Waals surface area contributed by atoms with Gasteiger partial charge in [0, 0.05) is 26.6 Å². The van der Waals surface area contributed by atoms with Gasteiger partial charge in [-0.05, 0) is 82.7 Å². The van der Waals surface area contributed by atoms with E-state index < -0.39 is 10.0 Å². The van der Waals surface area contributed by atoms with Gasteiger partial charge in [0.25, 0.3) is 15.9 Å². The molecule has 9 heteroatoms. The van der Waals surface area contributed by atoms with E-state index in [1.54, 1.807) is 30.3 Å².